The first-order chi connectivity index (χ1) is 5.75. The van der Waals surface area contributed by atoms with Crippen molar-refractivity contribution in [3.05, 3.63) is 28.2 Å². The molecular weight excluding hydrogens is 152 g/mol. The van der Waals surface area contributed by atoms with Crippen LogP contribution in [-0.4, -0.2) is 9.78 Å². The zero-order valence-electron chi connectivity index (χ0n) is 7.16. The van der Waals surface area contributed by atoms with Gasteiger partial charge in [0, 0.05) is 12.6 Å². The number of hydrogen-bond donors (Lipinski definition) is 0. The number of aromatic nitrogens is 2. The average molecular weight is 164 g/mol. The fraction of sp³-hybridized carbons (Fsp3) is 0.556. The molecule has 0 unspecified atom stereocenters. The summed E-state index contributed by atoms with van der Waals surface area (Å²) in [6.45, 7) is 2.71. The summed E-state index contributed by atoms with van der Waals surface area (Å²) in [5.74, 6) is 0.706. The molecule has 1 aliphatic rings. The first kappa shape index (κ1) is 7.53. The van der Waals surface area contributed by atoms with E-state index in [9.17, 15) is 4.79 Å². The molecule has 0 amide bonds. The molecule has 0 saturated heterocycles. The van der Waals surface area contributed by atoms with Crippen molar-refractivity contribution in [1.29, 1.82) is 0 Å². The Hall–Kier alpha value is -1.12. The topological polar surface area (TPSA) is 34.9 Å². The Morgan fingerprint density at radius 1 is 1.58 bits per heavy atom. The van der Waals surface area contributed by atoms with Crippen LogP contribution in [0.5, 0.6) is 0 Å². The summed E-state index contributed by atoms with van der Waals surface area (Å²) in [6.07, 6.45) is 2.50. The molecule has 0 bridgehead atoms. The minimum Gasteiger partial charge on any atom is -0.268 e. The summed E-state index contributed by atoms with van der Waals surface area (Å²) in [4.78, 5) is 11.2. The summed E-state index contributed by atoms with van der Waals surface area (Å²) in [7, 11) is 0. The van der Waals surface area contributed by atoms with Gasteiger partial charge in [0.25, 0.3) is 5.56 Å². The lowest BCUT2D eigenvalue weighted by Gasteiger charge is -2.02. The van der Waals surface area contributed by atoms with Gasteiger partial charge in [-0.2, -0.15) is 5.10 Å². The normalized spacial score (nSPS) is 16.4. The Morgan fingerprint density at radius 3 is 3.00 bits per heavy atom. The van der Waals surface area contributed by atoms with Crippen LogP contribution in [0.1, 0.15) is 18.5 Å². The molecule has 1 fully saturated rings. The third kappa shape index (κ3) is 1.55. The van der Waals surface area contributed by atoms with E-state index in [1.165, 1.54) is 12.8 Å². The minimum atomic E-state index is 0.0208. The van der Waals surface area contributed by atoms with Gasteiger partial charge < -0.3 is 0 Å². The van der Waals surface area contributed by atoms with E-state index in [1.54, 1.807) is 16.8 Å². The van der Waals surface area contributed by atoms with Crippen LogP contribution in [-0.2, 0) is 6.54 Å². The second-order valence-electron chi connectivity index (χ2n) is 3.44. The predicted molar refractivity (Wildman–Crippen MR) is 46.0 cm³/mol. The van der Waals surface area contributed by atoms with Gasteiger partial charge in [-0.05, 0) is 31.7 Å². The van der Waals surface area contributed by atoms with E-state index in [4.69, 9.17) is 0 Å². The number of hydrogen-bond acceptors (Lipinski definition) is 2. The van der Waals surface area contributed by atoms with E-state index in [0.717, 1.165) is 12.2 Å². The van der Waals surface area contributed by atoms with Gasteiger partial charge in [0.1, 0.15) is 0 Å². The van der Waals surface area contributed by atoms with Gasteiger partial charge in [0.05, 0.1) is 5.69 Å². The maximum Gasteiger partial charge on any atom is 0.266 e. The standard InChI is InChI=1S/C9H12N2O/c1-7-2-5-9(12)11(10-7)6-8-3-4-8/h2,5,8H,3-4,6H2,1H3. The van der Waals surface area contributed by atoms with Gasteiger partial charge in [-0.1, -0.05) is 0 Å². The molecular formula is C9H12N2O. The van der Waals surface area contributed by atoms with E-state index in [0.29, 0.717) is 5.92 Å². The first-order valence-electron chi connectivity index (χ1n) is 4.30. The molecule has 0 aromatic carbocycles. The van der Waals surface area contributed by atoms with Gasteiger partial charge in [0.2, 0.25) is 0 Å². The number of nitrogens with zero attached hydrogens (tertiary/aromatic N) is 2. The van der Waals surface area contributed by atoms with Crippen molar-refractivity contribution < 1.29 is 0 Å². The number of rotatable bonds is 2. The van der Waals surface area contributed by atoms with Crippen LogP contribution in [0.2, 0.25) is 0 Å². The van der Waals surface area contributed by atoms with Crippen LogP contribution in [0.25, 0.3) is 0 Å². The van der Waals surface area contributed by atoms with E-state index in [1.807, 2.05) is 6.92 Å². The summed E-state index contributed by atoms with van der Waals surface area (Å²) >= 11 is 0. The van der Waals surface area contributed by atoms with Crippen molar-refractivity contribution in [2.45, 2.75) is 26.3 Å². The third-order valence-corrected chi connectivity index (χ3v) is 2.13. The molecule has 3 nitrogen and oxygen atoms in total. The summed E-state index contributed by atoms with van der Waals surface area (Å²) < 4.78 is 1.58. The van der Waals surface area contributed by atoms with Crippen LogP contribution in [0.3, 0.4) is 0 Å². The highest BCUT2D eigenvalue weighted by Gasteiger charge is 2.22. The van der Waals surface area contributed by atoms with Crippen molar-refractivity contribution in [2.75, 3.05) is 0 Å². The maximum absolute atomic E-state index is 11.2. The van der Waals surface area contributed by atoms with Crippen molar-refractivity contribution in [1.82, 2.24) is 9.78 Å². The van der Waals surface area contributed by atoms with E-state index in [-0.39, 0.29) is 5.56 Å². The van der Waals surface area contributed by atoms with Gasteiger partial charge in [-0.3, -0.25) is 4.79 Å². The molecule has 0 radical (unpaired) electrons. The summed E-state index contributed by atoms with van der Waals surface area (Å²) in [5.41, 5.74) is 0.933. The van der Waals surface area contributed by atoms with Crippen molar-refractivity contribution in [2.24, 2.45) is 5.92 Å². The van der Waals surface area contributed by atoms with Gasteiger partial charge in [-0.15, -0.1) is 0 Å². The molecule has 1 heterocycles. The summed E-state index contributed by atoms with van der Waals surface area (Å²) in [5, 5.41) is 4.16. The molecule has 12 heavy (non-hydrogen) atoms. The second kappa shape index (κ2) is 2.73. The third-order valence-electron chi connectivity index (χ3n) is 2.13. The largest absolute Gasteiger partial charge is 0.268 e. The maximum atomic E-state index is 11.2. The monoisotopic (exact) mass is 164 g/mol. The van der Waals surface area contributed by atoms with Crippen molar-refractivity contribution in [3.63, 3.8) is 0 Å². The SMILES string of the molecule is Cc1ccc(=O)n(CC2CC2)n1. The highest BCUT2D eigenvalue weighted by molar-refractivity contribution is 4.97. The average Bonchev–Trinajstić information content (AvgIpc) is 2.81. The Labute approximate surface area is 71.0 Å². The Balaban J connectivity index is 2.27. The molecule has 1 aromatic rings. The summed E-state index contributed by atoms with van der Waals surface area (Å²) in [6, 6.07) is 3.34. The molecule has 2 rings (SSSR count). The molecule has 1 saturated carbocycles. The fourth-order valence-electron chi connectivity index (χ4n) is 1.23. The molecule has 64 valence electrons. The zero-order valence-corrected chi connectivity index (χ0v) is 7.16. The van der Waals surface area contributed by atoms with Gasteiger partial charge in [-0.25, -0.2) is 4.68 Å². The van der Waals surface area contributed by atoms with Crippen LogP contribution < -0.4 is 5.56 Å². The highest BCUT2D eigenvalue weighted by Crippen LogP contribution is 2.29. The quantitative estimate of drug-likeness (QED) is 0.652. The Kier molecular flexibility index (Phi) is 1.71. The first-order valence-corrected chi connectivity index (χ1v) is 4.30. The van der Waals surface area contributed by atoms with Gasteiger partial charge >= 0.3 is 0 Å². The molecule has 1 aromatic heterocycles. The molecule has 0 atom stereocenters. The van der Waals surface area contributed by atoms with E-state index < -0.39 is 0 Å². The highest BCUT2D eigenvalue weighted by atomic mass is 16.1. The lowest BCUT2D eigenvalue weighted by molar-refractivity contribution is 0.528. The molecule has 0 spiro atoms. The molecule has 0 N–H and O–H groups in total. The fourth-order valence-corrected chi connectivity index (χ4v) is 1.23. The minimum absolute atomic E-state index is 0.0208. The molecule has 1 aliphatic carbocycles. The molecule has 0 aliphatic heterocycles. The second-order valence-corrected chi connectivity index (χ2v) is 3.44. The predicted octanol–water partition coefficient (Wildman–Crippen LogP) is 0.962. The van der Waals surface area contributed by atoms with Gasteiger partial charge in [0.15, 0.2) is 0 Å². The Morgan fingerprint density at radius 2 is 2.33 bits per heavy atom. The van der Waals surface area contributed by atoms with Crippen LogP contribution in [0, 0.1) is 12.8 Å². The lowest BCUT2D eigenvalue weighted by atomic mass is 10.4. The number of aryl methyl sites for hydroxylation is 1. The van der Waals surface area contributed by atoms with Crippen molar-refractivity contribution in [3.8, 4) is 0 Å². The lowest BCUT2D eigenvalue weighted by Crippen LogP contribution is -2.23. The molecule has 3 heteroatoms. The Bertz CT molecular complexity index is 339. The van der Waals surface area contributed by atoms with Crippen LogP contribution in [0.4, 0.5) is 0 Å². The van der Waals surface area contributed by atoms with Crippen molar-refractivity contribution >= 4 is 0 Å². The van der Waals surface area contributed by atoms with Crippen LogP contribution >= 0.6 is 0 Å². The smallest absolute Gasteiger partial charge is 0.266 e. The zero-order chi connectivity index (χ0) is 8.55. The van der Waals surface area contributed by atoms with E-state index >= 15 is 0 Å². The van der Waals surface area contributed by atoms with Crippen LogP contribution in [0.15, 0.2) is 16.9 Å². The van der Waals surface area contributed by atoms with E-state index in [2.05, 4.69) is 5.10 Å².